The van der Waals surface area contributed by atoms with Gasteiger partial charge in [0.05, 0.1) is 0 Å². The zero-order chi connectivity index (χ0) is 11.0. The lowest BCUT2D eigenvalue weighted by molar-refractivity contribution is -0.144. The molecule has 0 heterocycles. The van der Waals surface area contributed by atoms with Crippen molar-refractivity contribution in [2.75, 3.05) is 26.2 Å². The third-order valence-electron chi connectivity index (χ3n) is 1.76. The maximum atomic E-state index is 11.2. The minimum atomic E-state index is -0.931. The summed E-state index contributed by atoms with van der Waals surface area (Å²) >= 11 is 0. The molecule has 0 aliphatic carbocycles. The highest BCUT2D eigenvalue weighted by Crippen LogP contribution is 1.94. The fraction of sp³-hybridized carbons (Fsp3) is 0.750. The van der Waals surface area contributed by atoms with Crippen LogP contribution in [0.15, 0.2) is 0 Å². The van der Waals surface area contributed by atoms with Crippen molar-refractivity contribution in [3.8, 4) is 0 Å². The van der Waals surface area contributed by atoms with Crippen molar-refractivity contribution in [1.82, 2.24) is 4.90 Å². The van der Waals surface area contributed by atoms with Gasteiger partial charge in [-0.2, -0.15) is 0 Å². The summed E-state index contributed by atoms with van der Waals surface area (Å²) in [7, 11) is 0. The first-order valence-corrected chi connectivity index (χ1v) is 4.62. The van der Waals surface area contributed by atoms with Crippen LogP contribution < -0.4 is 17.2 Å². The van der Waals surface area contributed by atoms with Gasteiger partial charge in [-0.25, -0.2) is 0 Å². The largest absolute Gasteiger partial charge is 0.361 e. The molecule has 0 aliphatic rings. The number of amides is 2. The molecule has 2 amide bonds. The van der Waals surface area contributed by atoms with Gasteiger partial charge < -0.3 is 22.1 Å². The minimum Gasteiger partial charge on any atom is -0.361 e. The summed E-state index contributed by atoms with van der Waals surface area (Å²) in [5.74, 6) is -1.59. The van der Waals surface area contributed by atoms with Gasteiger partial charge in [-0.05, 0) is 25.9 Å². The lowest BCUT2D eigenvalue weighted by atomic mass is 10.3. The Morgan fingerprint density at radius 2 is 1.43 bits per heavy atom. The van der Waals surface area contributed by atoms with E-state index in [1.54, 1.807) is 0 Å². The van der Waals surface area contributed by atoms with E-state index in [0.29, 0.717) is 39.0 Å². The summed E-state index contributed by atoms with van der Waals surface area (Å²) in [6, 6.07) is 0. The molecule has 0 saturated carbocycles. The minimum absolute atomic E-state index is 0.457. The molecule has 0 aliphatic heterocycles. The third-order valence-corrected chi connectivity index (χ3v) is 1.76. The van der Waals surface area contributed by atoms with E-state index in [0.717, 1.165) is 0 Å². The van der Waals surface area contributed by atoms with Gasteiger partial charge in [0.1, 0.15) is 0 Å². The van der Waals surface area contributed by atoms with Crippen molar-refractivity contribution in [3.05, 3.63) is 0 Å². The Balaban J connectivity index is 4.08. The molecule has 0 atom stereocenters. The highest BCUT2D eigenvalue weighted by Gasteiger charge is 2.17. The summed E-state index contributed by atoms with van der Waals surface area (Å²) < 4.78 is 0. The summed E-state index contributed by atoms with van der Waals surface area (Å²) in [6.07, 6.45) is 1.31. The second-order valence-electron chi connectivity index (χ2n) is 2.94. The van der Waals surface area contributed by atoms with Gasteiger partial charge in [0, 0.05) is 13.1 Å². The highest BCUT2D eigenvalue weighted by molar-refractivity contribution is 6.34. The first kappa shape index (κ1) is 12.9. The fourth-order valence-electron chi connectivity index (χ4n) is 1.04. The Morgan fingerprint density at radius 3 is 1.71 bits per heavy atom. The Labute approximate surface area is 83.4 Å². The van der Waals surface area contributed by atoms with Crippen molar-refractivity contribution in [2.24, 2.45) is 17.2 Å². The zero-order valence-electron chi connectivity index (χ0n) is 8.24. The van der Waals surface area contributed by atoms with E-state index >= 15 is 0 Å². The quantitative estimate of drug-likeness (QED) is 0.432. The van der Waals surface area contributed by atoms with Crippen LogP contribution in [0.25, 0.3) is 0 Å². The standard InChI is InChI=1S/C8H18N4O2/c9-3-1-5-12(6-2-4-10)8(14)7(11)13/h1-6,9-10H2,(H2,11,13). The molecule has 0 unspecified atom stereocenters. The van der Waals surface area contributed by atoms with Gasteiger partial charge in [0.25, 0.3) is 0 Å². The van der Waals surface area contributed by atoms with Crippen molar-refractivity contribution in [3.63, 3.8) is 0 Å². The van der Waals surface area contributed by atoms with Crippen LogP contribution in [0, 0.1) is 0 Å². The van der Waals surface area contributed by atoms with Crippen LogP contribution >= 0.6 is 0 Å². The lowest BCUT2D eigenvalue weighted by Gasteiger charge is -2.20. The summed E-state index contributed by atoms with van der Waals surface area (Å²) in [6.45, 7) is 1.87. The van der Waals surface area contributed by atoms with Gasteiger partial charge in [-0.1, -0.05) is 0 Å². The Kier molecular flexibility index (Phi) is 6.69. The second-order valence-corrected chi connectivity index (χ2v) is 2.94. The van der Waals surface area contributed by atoms with Gasteiger partial charge in [0.2, 0.25) is 0 Å². The normalized spacial score (nSPS) is 9.86. The number of rotatable bonds is 6. The molecule has 0 aromatic heterocycles. The summed E-state index contributed by atoms with van der Waals surface area (Å²) in [5.41, 5.74) is 15.5. The van der Waals surface area contributed by atoms with E-state index in [-0.39, 0.29) is 0 Å². The number of primary amides is 1. The molecule has 6 heteroatoms. The summed E-state index contributed by atoms with van der Waals surface area (Å²) in [5, 5.41) is 0. The SMILES string of the molecule is NCCCN(CCCN)C(=O)C(N)=O. The molecular formula is C8H18N4O2. The molecule has 6 nitrogen and oxygen atoms in total. The Bertz CT molecular complexity index is 188. The molecule has 0 bridgehead atoms. The van der Waals surface area contributed by atoms with Crippen LogP contribution in [0.2, 0.25) is 0 Å². The van der Waals surface area contributed by atoms with E-state index < -0.39 is 11.8 Å². The average Bonchev–Trinajstić information content (AvgIpc) is 2.17. The van der Waals surface area contributed by atoms with Crippen LogP contribution in [0.4, 0.5) is 0 Å². The van der Waals surface area contributed by atoms with Crippen LogP contribution in [0.3, 0.4) is 0 Å². The number of nitrogens with zero attached hydrogens (tertiary/aromatic N) is 1. The van der Waals surface area contributed by atoms with Crippen LogP contribution in [-0.4, -0.2) is 42.9 Å². The number of carbonyl (C=O) groups excluding carboxylic acids is 2. The van der Waals surface area contributed by atoms with Crippen molar-refractivity contribution in [1.29, 1.82) is 0 Å². The number of hydrogen-bond donors (Lipinski definition) is 3. The fourth-order valence-corrected chi connectivity index (χ4v) is 1.04. The molecule has 6 N–H and O–H groups in total. The zero-order valence-corrected chi connectivity index (χ0v) is 8.24. The first-order valence-electron chi connectivity index (χ1n) is 4.62. The topological polar surface area (TPSA) is 115 Å². The smallest absolute Gasteiger partial charge is 0.311 e. The average molecular weight is 202 g/mol. The van der Waals surface area contributed by atoms with Gasteiger partial charge in [0.15, 0.2) is 0 Å². The van der Waals surface area contributed by atoms with Crippen molar-refractivity contribution in [2.45, 2.75) is 12.8 Å². The van der Waals surface area contributed by atoms with E-state index in [4.69, 9.17) is 17.2 Å². The van der Waals surface area contributed by atoms with E-state index in [9.17, 15) is 9.59 Å². The molecule has 0 aromatic carbocycles. The first-order chi connectivity index (χ1) is 6.63. The number of nitrogens with two attached hydrogens (primary N) is 3. The molecule has 0 aromatic rings. The predicted molar refractivity (Wildman–Crippen MR) is 53.1 cm³/mol. The molecule has 0 fully saturated rings. The Morgan fingerprint density at radius 1 is 1.00 bits per heavy atom. The third kappa shape index (κ3) is 4.78. The van der Waals surface area contributed by atoms with E-state index in [2.05, 4.69) is 0 Å². The van der Waals surface area contributed by atoms with Crippen LogP contribution in [0.1, 0.15) is 12.8 Å². The van der Waals surface area contributed by atoms with E-state index in [1.165, 1.54) is 4.90 Å². The van der Waals surface area contributed by atoms with Crippen LogP contribution in [-0.2, 0) is 9.59 Å². The molecule has 0 rings (SSSR count). The van der Waals surface area contributed by atoms with Crippen LogP contribution in [0.5, 0.6) is 0 Å². The predicted octanol–water partition coefficient (Wildman–Crippen LogP) is -2.00. The van der Waals surface area contributed by atoms with Gasteiger partial charge in [-0.3, -0.25) is 9.59 Å². The number of hydrogen-bond acceptors (Lipinski definition) is 4. The van der Waals surface area contributed by atoms with Crippen molar-refractivity contribution < 1.29 is 9.59 Å². The maximum Gasteiger partial charge on any atom is 0.311 e. The molecule has 0 saturated heterocycles. The van der Waals surface area contributed by atoms with E-state index in [1.807, 2.05) is 0 Å². The molecule has 82 valence electrons. The van der Waals surface area contributed by atoms with Crippen molar-refractivity contribution >= 4 is 11.8 Å². The maximum absolute atomic E-state index is 11.2. The Hall–Kier alpha value is -1.14. The monoisotopic (exact) mass is 202 g/mol. The molecular weight excluding hydrogens is 184 g/mol. The van der Waals surface area contributed by atoms with Gasteiger partial charge >= 0.3 is 11.8 Å². The number of carbonyl (C=O) groups is 2. The molecule has 14 heavy (non-hydrogen) atoms. The molecule has 0 radical (unpaired) electrons. The van der Waals surface area contributed by atoms with Gasteiger partial charge in [-0.15, -0.1) is 0 Å². The highest BCUT2D eigenvalue weighted by atomic mass is 16.2. The lowest BCUT2D eigenvalue weighted by Crippen LogP contribution is -2.42. The summed E-state index contributed by atoms with van der Waals surface area (Å²) in [4.78, 5) is 23.3. The molecule has 0 spiro atoms. The second kappa shape index (κ2) is 7.28.